The van der Waals surface area contributed by atoms with Gasteiger partial charge in [-0.15, -0.1) is 0 Å². The SMILES string of the molecule is CNc1cccc(C(=O)NC(C)(C)CO)n1. The minimum atomic E-state index is -0.644. The van der Waals surface area contributed by atoms with Crippen LogP contribution in [0.5, 0.6) is 0 Å². The van der Waals surface area contributed by atoms with Crippen molar-refractivity contribution >= 4 is 11.7 Å². The maximum Gasteiger partial charge on any atom is 0.270 e. The van der Waals surface area contributed by atoms with Crippen LogP contribution in [0, 0.1) is 0 Å². The van der Waals surface area contributed by atoms with Gasteiger partial charge in [0.15, 0.2) is 0 Å². The average molecular weight is 223 g/mol. The summed E-state index contributed by atoms with van der Waals surface area (Å²) in [7, 11) is 1.74. The highest BCUT2D eigenvalue weighted by molar-refractivity contribution is 5.93. The first-order valence-electron chi connectivity index (χ1n) is 5.07. The third-order valence-corrected chi connectivity index (χ3v) is 2.09. The Morgan fingerprint density at radius 2 is 2.19 bits per heavy atom. The summed E-state index contributed by atoms with van der Waals surface area (Å²) < 4.78 is 0. The Bertz CT molecular complexity index is 377. The molecule has 0 aliphatic rings. The Kier molecular flexibility index (Phi) is 3.84. The zero-order valence-electron chi connectivity index (χ0n) is 9.74. The molecule has 1 heterocycles. The lowest BCUT2D eigenvalue weighted by Gasteiger charge is -2.23. The van der Waals surface area contributed by atoms with Crippen molar-refractivity contribution in [3.05, 3.63) is 23.9 Å². The molecule has 0 unspecified atom stereocenters. The van der Waals surface area contributed by atoms with E-state index in [1.165, 1.54) is 0 Å². The number of carbonyl (C=O) groups is 1. The topological polar surface area (TPSA) is 74.2 Å². The molecule has 0 saturated heterocycles. The molecule has 5 heteroatoms. The number of hydrogen-bond donors (Lipinski definition) is 3. The number of rotatable bonds is 4. The van der Waals surface area contributed by atoms with Gasteiger partial charge in [0.2, 0.25) is 0 Å². The normalized spacial score (nSPS) is 11.0. The average Bonchev–Trinajstić information content (AvgIpc) is 2.28. The summed E-state index contributed by atoms with van der Waals surface area (Å²) >= 11 is 0. The van der Waals surface area contributed by atoms with Gasteiger partial charge in [0.1, 0.15) is 11.5 Å². The van der Waals surface area contributed by atoms with Crippen molar-refractivity contribution in [1.29, 1.82) is 0 Å². The van der Waals surface area contributed by atoms with Gasteiger partial charge in [-0.25, -0.2) is 4.98 Å². The van der Waals surface area contributed by atoms with Crippen LogP contribution in [0.25, 0.3) is 0 Å². The molecule has 0 aliphatic carbocycles. The Balaban J connectivity index is 2.80. The molecule has 0 fully saturated rings. The summed E-state index contributed by atoms with van der Waals surface area (Å²) in [5.41, 5.74) is -0.317. The van der Waals surface area contributed by atoms with Crippen molar-refractivity contribution < 1.29 is 9.90 Å². The van der Waals surface area contributed by atoms with Gasteiger partial charge >= 0.3 is 0 Å². The fourth-order valence-corrected chi connectivity index (χ4v) is 1.11. The maximum atomic E-state index is 11.8. The van der Waals surface area contributed by atoms with E-state index < -0.39 is 5.54 Å². The molecule has 0 atom stereocenters. The third kappa shape index (κ3) is 3.20. The van der Waals surface area contributed by atoms with E-state index >= 15 is 0 Å². The molecule has 1 rings (SSSR count). The van der Waals surface area contributed by atoms with Crippen LogP contribution in [0.2, 0.25) is 0 Å². The summed E-state index contributed by atoms with van der Waals surface area (Å²) in [5.74, 6) is 0.339. The van der Waals surface area contributed by atoms with Gasteiger partial charge in [0.05, 0.1) is 12.1 Å². The number of nitrogens with one attached hydrogen (secondary N) is 2. The number of hydrogen-bond acceptors (Lipinski definition) is 4. The maximum absolute atomic E-state index is 11.8. The molecule has 0 saturated carbocycles. The fourth-order valence-electron chi connectivity index (χ4n) is 1.11. The predicted octanol–water partition coefficient (Wildman–Crippen LogP) is 0.624. The molecule has 1 amide bonds. The van der Waals surface area contributed by atoms with Gasteiger partial charge in [0, 0.05) is 7.05 Å². The fraction of sp³-hybridized carbons (Fsp3) is 0.455. The van der Waals surface area contributed by atoms with Crippen LogP contribution in [-0.2, 0) is 0 Å². The first-order valence-corrected chi connectivity index (χ1v) is 5.07. The van der Waals surface area contributed by atoms with E-state index in [9.17, 15) is 4.79 Å². The number of aliphatic hydroxyl groups excluding tert-OH is 1. The van der Waals surface area contributed by atoms with Crippen LogP contribution in [0.4, 0.5) is 5.82 Å². The van der Waals surface area contributed by atoms with E-state index in [1.54, 1.807) is 39.1 Å². The second-order valence-electron chi connectivity index (χ2n) is 4.15. The highest BCUT2D eigenvalue weighted by Crippen LogP contribution is 2.06. The van der Waals surface area contributed by atoms with Crippen molar-refractivity contribution in [2.45, 2.75) is 19.4 Å². The summed E-state index contributed by atoms with van der Waals surface area (Å²) in [6.45, 7) is 3.37. The van der Waals surface area contributed by atoms with E-state index in [-0.39, 0.29) is 12.5 Å². The lowest BCUT2D eigenvalue weighted by atomic mass is 10.1. The van der Waals surface area contributed by atoms with E-state index in [0.29, 0.717) is 11.5 Å². The van der Waals surface area contributed by atoms with Crippen LogP contribution in [-0.4, -0.2) is 35.2 Å². The third-order valence-electron chi connectivity index (χ3n) is 2.09. The Labute approximate surface area is 94.9 Å². The van der Waals surface area contributed by atoms with Crippen LogP contribution in [0.15, 0.2) is 18.2 Å². The Hall–Kier alpha value is -1.62. The van der Waals surface area contributed by atoms with Gasteiger partial charge in [-0.05, 0) is 26.0 Å². The van der Waals surface area contributed by atoms with Crippen molar-refractivity contribution in [1.82, 2.24) is 10.3 Å². The largest absolute Gasteiger partial charge is 0.394 e. The van der Waals surface area contributed by atoms with Crippen LogP contribution in [0.3, 0.4) is 0 Å². The highest BCUT2D eigenvalue weighted by Gasteiger charge is 2.20. The first-order chi connectivity index (χ1) is 7.48. The number of amides is 1. The van der Waals surface area contributed by atoms with Crippen LogP contribution in [0.1, 0.15) is 24.3 Å². The van der Waals surface area contributed by atoms with Crippen molar-refractivity contribution in [3.63, 3.8) is 0 Å². The van der Waals surface area contributed by atoms with Crippen LogP contribution >= 0.6 is 0 Å². The van der Waals surface area contributed by atoms with Crippen molar-refractivity contribution in [2.75, 3.05) is 19.0 Å². The Morgan fingerprint density at radius 3 is 2.75 bits per heavy atom. The molecule has 0 bridgehead atoms. The van der Waals surface area contributed by atoms with Gasteiger partial charge < -0.3 is 15.7 Å². The molecular formula is C11H17N3O2. The number of pyridine rings is 1. The molecule has 5 nitrogen and oxygen atoms in total. The summed E-state index contributed by atoms with van der Waals surface area (Å²) in [4.78, 5) is 15.9. The monoisotopic (exact) mass is 223 g/mol. The molecule has 88 valence electrons. The van der Waals surface area contributed by atoms with Gasteiger partial charge in [-0.2, -0.15) is 0 Å². The smallest absolute Gasteiger partial charge is 0.270 e. The minimum absolute atomic E-state index is 0.121. The van der Waals surface area contributed by atoms with Crippen LogP contribution < -0.4 is 10.6 Å². The summed E-state index contributed by atoms with van der Waals surface area (Å²) in [6, 6.07) is 5.15. The molecule has 0 spiro atoms. The molecule has 1 aromatic heterocycles. The molecule has 1 aromatic rings. The highest BCUT2D eigenvalue weighted by atomic mass is 16.3. The van der Waals surface area contributed by atoms with E-state index in [2.05, 4.69) is 15.6 Å². The summed E-state index contributed by atoms with van der Waals surface area (Å²) in [5, 5.41) is 14.6. The predicted molar refractivity (Wildman–Crippen MR) is 62.4 cm³/mol. The van der Waals surface area contributed by atoms with E-state index in [0.717, 1.165) is 0 Å². The number of anilines is 1. The molecule has 16 heavy (non-hydrogen) atoms. The number of carbonyl (C=O) groups excluding carboxylic acids is 1. The first kappa shape index (κ1) is 12.4. The molecule has 0 aromatic carbocycles. The second kappa shape index (κ2) is 4.94. The van der Waals surface area contributed by atoms with E-state index in [1.807, 2.05) is 0 Å². The van der Waals surface area contributed by atoms with Crippen molar-refractivity contribution in [3.8, 4) is 0 Å². The van der Waals surface area contributed by atoms with Gasteiger partial charge in [-0.3, -0.25) is 4.79 Å². The quantitative estimate of drug-likeness (QED) is 0.699. The summed E-state index contributed by atoms with van der Waals surface area (Å²) in [6.07, 6.45) is 0. The van der Waals surface area contributed by atoms with Gasteiger partial charge in [0.25, 0.3) is 5.91 Å². The number of aromatic nitrogens is 1. The molecule has 0 radical (unpaired) electrons. The van der Waals surface area contributed by atoms with E-state index in [4.69, 9.17) is 5.11 Å². The zero-order valence-corrected chi connectivity index (χ0v) is 9.74. The molecule has 3 N–H and O–H groups in total. The van der Waals surface area contributed by atoms with Crippen molar-refractivity contribution in [2.24, 2.45) is 0 Å². The number of aliphatic hydroxyl groups is 1. The standard InChI is InChI=1S/C11H17N3O2/c1-11(2,7-15)14-10(16)8-5-4-6-9(12-3)13-8/h4-6,15H,7H2,1-3H3,(H,12,13)(H,14,16). The number of nitrogens with zero attached hydrogens (tertiary/aromatic N) is 1. The van der Waals surface area contributed by atoms with Gasteiger partial charge in [-0.1, -0.05) is 6.07 Å². The lowest BCUT2D eigenvalue weighted by Crippen LogP contribution is -2.46. The lowest BCUT2D eigenvalue weighted by molar-refractivity contribution is 0.0864. The molecular weight excluding hydrogens is 206 g/mol. The second-order valence-corrected chi connectivity index (χ2v) is 4.15. The Morgan fingerprint density at radius 1 is 1.50 bits per heavy atom. The zero-order chi connectivity index (χ0) is 12.2. The molecule has 0 aliphatic heterocycles. The minimum Gasteiger partial charge on any atom is -0.394 e.